The predicted molar refractivity (Wildman–Crippen MR) is 62.4 cm³/mol. The molecular weight excluding hydrogens is 239 g/mol. The molecule has 0 bridgehead atoms. The third-order valence-corrected chi connectivity index (χ3v) is 2.48. The molecule has 0 aromatic heterocycles. The van der Waals surface area contributed by atoms with Crippen molar-refractivity contribution < 1.29 is 17.7 Å². The maximum atomic E-state index is 10.7. The molecule has 0 heterocycles. The average Bonchev–Trinajstić information content (AvgIpc) is 2.18. The van der Waals surface area contributed by atoms with Crippen molar-refractivity contribution in [2.24, 2.45) is 0 Å². The van der Waals surface area contributed by atoms with Crippen molar-refractivity contribution in [1.29, 1.82) is 0 Å². The second kappa shape index (κ2) is 6.94. The van der Waals surface area contributed by atoms with Crippen molar-refractivity contribution in [3.8, 4) is 17.6 Å². The van der Waals surface area contributed by atoms with E-state index in [0.29, 0.717) is 5.75 Å². The van der Waals surface area contributed by atoms with E-state index >= 15 is 0 Å². The van der Waals surface area contributed by atoms with Crippen LogP contribution in [-0.4, -0.2) is 49.1 Å². The molecule has 0 unspecified atom stereocenters. The number of benzene rings is 1. The fourth-order valence-corrected chi connectivity index (χ4v) is 1.38. The molecule has 0 spiro atoms. The van der Waals surface area contributed by atoms with Crippen LogP contribution in [0.15, 0.2) is 29.2 Å². The van der Waals surface area contributed by atoms with Gasteiger partial charge in [-0.3, -0.25) is 4.55 Å². The molecule has 0 atom stereocenters. The van der Waals surface area contributed by atoms with E-state index in [2.05, 4.69) is 11.8 Å². The first-order valence-corrected chi connectivity index (χ1v) is 5.58. The SMILES string of the molecule is CC#CCOc1ccc(S(=O)(=O)O)cc1.[NaH]. The summed E-state index contributed by atoms with van der Waals surface area (Å²) in [5, 5.41) is 0. The van der Waals surface area contributed by atoms with Crippen molar-refractivity contribution in [3.63, 3.8) is 0 Å². The standard InChI is InChI=1S/C10H10O4S.Na.H/c1-2-3-8-14-9-4-6-10(7-5-9)15(11,12)13;;/h4-7H,8H2,1H3,(H,11,12,13);;. The topological polar surface area (TPSA) is 63.6 Å². The second-order valence-corrected chi connectivity index (χ2v) is 4.08. The zero-order valence-corrected chi connectivity index (χ0v) is 8.91. The molecule has 1 aromatic rings. The van der Waals surface area contributed by atoms with Gasteiger partial charge in [0.05, 0.1) is 4.90 Å². The Morgan fingerprint density at radius 3 is 2.31 bits per heavy atom. The normalized spacial score (nSPS) is 9.62. The Labute approximate surface area is 117 Å². The summed E-state index contributed by atoms with van der Waals surface area (Å²) >= 11 is 0. The van der Waals surface area contributed by atoms with Crippen LogP contribution in [0.3, 0.4) is 0 Å². The van der Waals surface area contributed by atoms with E-state index in [1.54, 1.807) is 6.92 Å². The van der Waals surface area contributed by atoms with E-state index < -0.39 is 10.1 Å². The first kappa shape index (κ1) is 15.5. The summed E-state index contributed by atoms with van der Waals surface area (Å²) < 4.78 is 35.3. The van der Waals surface area contributed by atoms with E-state index in [9.17, 15) is 8.42 Å². The van der Waals surface area contributed by atoms with Gasteiger partial charge in [0.15, 0.2) is 0 Å². The molecule has 4 nitrogen and oxygen atoms in total. The number of ether oxygens (including phenoxy) is 1. The van der Waals surface area contributed by atoms with Crippen LogP contribution in [0.5, 0.6) is 5.75 Å². The Bertz CT molecular complexity index is 482. The summed E-state index contributed by atoms with van der Waals surface area (Å²) in [6, 6.07) is 5.45. The monoisotopic (exact) mass is 250 g/mol. The summed E-state index contributed by atoms with van der Waals surface area (Å²) in [5.74, 6) is 5.87. The van der Waals surface area contributed by atoms with E-state index in [0.717, 1.165) is 0 Å². The molecule has 0 amide bonds. The van der Waals surface area contributed by atoms with Gasteiger partial charge in [0.1, 0.15) is 12.4 Å². The van der Waals surface area contributed by atoms with Crippen LogP contribution in [-0.2, 0) is 10.1 Å². The van der Waals surface area contributed by atoms with Crippen LogP contribution >= 0.6 is 0 Å². The predicted octanol–water partition coefficient (Wildman–Crippen LogP) is 0.687. The number of hydrogen-bond donors (Lipinski definition) is 1. The van der Waals surface area contributed by atoms with E-state index in [4.69, 9.17) is 9.29 Å². The zero-order chi connectivity index (χ0) is 11.3. The summed E-state index contributed by atoms with van der Waals surface area (Å²) in [7, 11) is -4.13. The summed E-state index contributed by atoms with van der Waals surface area (Å²) in [5.41, 5.74) is 0. The van der Waals surface area contributed by atoms with Gasteiger partial charge < -0.3 is 4.74 Å². The van der Waals surface area contributed by atoms with Crippen molar-refractivity contribution in [3.05, 3.63) is 24.3 Å². The van der Waals surface area contributed by atoms with E-state index in [1.165, 1.54) is 24.3 Å². The number of hydrogen-bond acceptors (Lipinski definition) is 3. The Balaban J connectivity index is 0.00000225. The fourth-order valence-electron chi connectivity index (χ4n) is 0.899. The summed E-state index contributed by atoms with van der Waals surface area (Å²) in [6.07, 6.45) is 0. The molecule has 16 heavy (non-hydrogen) atoms. The molecule has 0 fully saturated rings. The molecule has 6 heteroatoms. The van der Waals surface area contributed by atoms with Crippen LogP contribution in [0.4, 0.5) is 0 Å². The third kappa shape index (κ3) is 5.01. The van der Waals surface area contributed by atoms with Crippen molar-refractivity contribution in [1.82, 2.24) is 0 Å². The number of rotatable bonds is 3. The first-order chi connectivity index (χ1) is 7.04. The van der Waals surface area contributed by atoms with E-state index in [-0.39, 0.29) is 41.1 Å². The maximum absolute atomic E-state index is 10.7. The van der Waals surface area contributed by atoms with Gasteiger partial charge in [-0.2, -0.15) is 8.42 Å². The molecular formula is C10H11NaO4S. The zero-order valence-electron chi connectivity index (χ0n) is 8.10. The molecule has 1 rings (SSSR count). The van der Waals surface area contributed by atoms with Crippen LogP contribution in [0.2, 0.25) is 0 Å². The van der Waals surface area contributed by atoms with Crippen molar-refractivity contribution >= 4 is 39.7 Å². The molecule has 0 saturated heterocycles. The Hall–Kier alpha value is -0.510. The Morgan fingerprint density at radius 2 is 1.88 bits per heavy atom. The van der Waals surface area contributed by atoms with E-state index in [1.807, 2.05) is 0 Å². The molecule has 1 aromatic carbocycles. The van der Waals surface area contributed by atoms with Gasteiger partial charge in [-0.25, -0.2) is 0 Å². The summed E-state index contributed by atoms with van der Waals surface area (Å²) in [6.45, 7) is 1.95. The van der Waals surface area contributed by atoms with Gasteiger partial charge in [0.25, 0.3) is 10.1 Å². The second-order valence-electron chi connectivity index (χ2n) is 2.66. The molecule has 82 valence electrons. The quantitative estimate of drug-likeness (QED) is 0.487. The van der Waals surface area contributed by atoms with Crippen LogP contribution in [0, 0.1) is 11.8 Å². The van der Waals surface area contributed by atoms with Crippen molar-refractivity contribution in [2.75, 3.05) is 6.61 Å². The Morgan fingerprint density at radius 1 is 1.31 bits per heavy atom. The molecule has 0 radical (unpaired) electrons. The minimum atomic E-state index is -4.13. The van der Waals surface area contributed by atoms with Crippen LogP contribution < -0.4 is 4.74 Å². The van der Waals surface area contributed by atoms with Gasteiger partial charge in [-0.05, 0) is 31.2 Å². The fraction of sp³-hybridized carbons (Fsp3) is 0.200. The molecule has 1 N–H and O–H groups in total. The Kier molecular flexibility index (Phi) is 6.72. The van der Waals surface area contributed by atoms with Gasteiger partial charge >= 0.3 is 29.6 Å². The molecule has 0 aliphatic rings. The molecule has 0 aliphatic heterocycles. The van der Waals surface area contributed by atoms with Gasteiger partial charge in [-0.15, -0.1) is 5.92 Å². The molecule has 0 saturated carbocycles. The van der Waals surface area contributed by atoms with Crippen LogP contribution in [0.25, 0.3) is 0 Å². The summed E-state index contributed by atoms with van der Waals surface area (Å²) in [4.78, 5) is -0.156. The molecule has 0 aliphatic carbocycles. The van der Waals surface area contributed by atoms with Gasteiger partial charge in [0, 0.05) is 0 Å². The van der Waals surface area contributed by atoms with Gasteiger partial charge in [-0.1, -0.05) is 5.92 Å². The third-order valence-electron chi connectivity index (χ3n) is 1.61. The minimum absolute atomic E-state index is 0. The van der Waals surface area contributed by atoms with Crippen molar-refractivity contribution in [2.45, 2.75) is 11.8 Å². The van der Waals surface area contributed by atoms with Crippen LogP contribution in [0.1, 0.15) is 6.92 Å². The average molecular weight is 250 g/mol. The van der Waals surface area contributed by atoms with Gasteiger partial charge in [0.2, 0.25) is 0 Å². The first-order valence-electron chi connectivity index (χ1n) is 4.14.